The summed E-state index contributed by atoms with van der Waals surface area (Å²) in [6, 6.07) is 0. The van der Waals surface area contributed by atoms with E-state index in [1.54, 1.807) is 4.90 Å². The predicted octanol–water partition coefficient (Wildman–Crippen LogP) is 0.981. The molecule has 0 unspecified atom stereocenters. The fourth-order valence-electron chi connectivity index (χ4n) is 1.45. The van der Waals surface area contributed by atoms with Gasteiger partial charge in [-0.15, -0.1) is 0 Å². The number of carbonyl (C=O) groups excluding carboxylic acids is 1. The van der Waals surface area contributed by atoms with Crippen molar-refractivity contribution in [2.45, 2.75) is 18.6 Å². The molecule has 0 spiro atoms. The van der Waals surface area contributed by atoms with Gasteiger partial charge in [-0.05, 0) is 13.8 Å². The molecule has 0 saturated carbocycles. The zero-order chi connectivity index (χ0) is 11.5. The first-order chi connectivity index (χ1) is 6.91. The maximum absolute atomic E-state index is 11.6. The van der Waals surface area contributed by atoms with Crippen LogP contribution in [-0.4, -0.2) is 45.5 Å². The number of nitrogens with zero attached hydrogens (tertiary/aromatic N) is 1. The van der Waals surface area contributed by atoms with Crippen LogP contribution in [0.5, 0.6) is 0 Å². The van der Waals surface area contributed by atoms with Crippen LogP contribution in [0, 0.1) is 0 Å². The van der Waals surface area contributed by atoms with Gasteiger partial charge in [0.1, 0.15) is 0 Å². The molecule has 0 radical (unpaired) electrons. The quantitative estimate of drug-likeness (QED) is 0.717. The lowest BCUT2D eigenvalue weighted by Gasteiger charge is -2.37. The molecule has 0 aromatic carbocycles. The average molecular weight is 229 g/mol. The van der Waals surface area contributed by atoms with Crippen molar-refractivity contribution in [3.63, 3.8) is 0 Å². The molecule has 0 aromatic heterocycles. The minimum Gasteiger partial charge on any atom is -0.478 e. The lowest BCUT2D eigenvalue weighted by molar-refractivity contribution is -0.132. The van der Waals surface area contributed by atoms with E-state index < -0.39 is 5.97 Å². The molecule has 5 heteroatoms. The van der Waals surface area contributed by atoms with Gasteiger partial charge in [0.25, 0.3) is 0 Å². The van der Waals surface area contributed by atoms with Crippen molar-refractivity contribution in [3.8, 4) is 0 Å². The minimum absolute atomic E-state index is 0.0605. The first-order valence-corrected chi connectivity index (χ1v) is 5.73. The summed E-state index contributed by atoms with van der Waals surface area (Å²) in [7, 11) is 0. The van der Waals surface area contributed by atoms with Crippen molar-refractivity contribution < 1.29 is 14.7 Å². The number of carboxylic acids is 1. The zero-order valence-corrected chi connectivity index (χ0v) is 9.71. The SMILES string of the molecule is CC1(C)CN(C(=O)/C=C/C(=O)O)CCS1. The lowest BCUT2D eigenvalue weighted by atomic mass is 10.2. The number of aliphatic carboxylic acids is 1. The molecule has 1 saturated heterocycles. The van der Waals surface area contributed by atoms with Crippen molar-refractivity contribution >= 4 is 23.6 Å². The standard InChI is InChI=1S/C10H15NO3S/c1-10(2)7-11(5-6-15-10)8(12)3-4-9(13)14/h3-4H,5-7H2,1-2H3,(H,13,14)/b4-3+. The number of carbonyl (C=O) groups is 2. The van der Waals surface area contributed by atoms with Gasteiger partial charge < -0.3 is 10.0 Å². The van der Waals surface area contributed by atoms with Gasteiger partial charge in [-0.3, -0.25) is 4.79 Å². The Morgan fingerprint density at radius 2 is 2.07 bits per heavy atom. The van der Waals surface area contributed by atoms with Crippen LogP contribution >= 0.6 is 11.8 Å². The van der Waals surface area contributed by atoms with Crippen LogP contribution in [0.15, 0.2) is 12.2 Å². The Balaban J connectivity index is 2.57. The van der Waals surface area contributed by atoms with Gasteiger partial charge in [0, 0.05) is 35.7 Å². The summed E-state index contributed by atoms with van der Waals surface area (Å²) in [6.07, 6.45) is 2.01. The van der Waals surface area contributed by atoms with E-state index >= 15 is 0 Å². The third-order valence-electron chi connectivity index (χ3n) is 2.11. The maximum Gasteiger partial charge on any atom is 0.328 e. The molecule has 1 fully saturated rings. The second-order valence-electron chi connectivity index (χ2n) is 4.04. The Morgan fingerprint density at radius 1 is 1.40 bits per heavy atom. The summed E-state index contributed by atoms with van der Waals surface area (Å²) in [4.78, 5) is 23.5. The predicted molar refractivity (Wildman–Crippen MR) is 59.9 cm³/mol. The highest BCUT2D eigenvalue weighted by molar-refractivity contribution is 8.00. The molecule has 1 amide bonds. The molecule has 1 rings (SSSR count). The number of rotatable bonds is 2. The van der Waals surface area contributed by atoms with Crippen LogP contribution in [-0.2, 0) is 9.59 Å². The molecule has 0 aromatic rings. The Morgan fingerprint density at radius 3 is 2.60 bits per heavy atom. The van der Waals surface area contributed by atoms with E-state index in [0.717, 1.165) is 17.9 Å². The second-order valence-corrected chi connectivity index (χ2v) is 5.84. The van der Waals surface area contributed by atoms with E-state index in [0.29, 0.717) is 13.1 Å². The van der Waals surface area contributed by atoms with Gasteiger partial charge in [0.2, 0.25) is 5.91 Å². The Kier molecular flexibility index (Phi) is 3.79. The topological polar surface area (TPSA) is 57.6 Å². The molecule has 84 valence electrons. The van der Waals surface area contributed by atoms with Crippen LogP contribution in [0.25, 0.3) is 0 Å². The normalized spacial score (nSPS) is 20.5. The molecule has 15 heavy (non-hydrogen) atoms. The molecule has 1 N–H and O–H groups in total. The van der Waals surface area contributed by atoms with Crippen LogP contribution < -0.4 is 0 Å². The highest BCUT2D eigenvalue weighted by Gasteiger charge is 2.28. The molecule has 1 aliphatic heterocycles. The van der Waals surface area contributed by atoms with E-state index in [-0.39, 0.29) is 10.7 Å². The average Bonchev–Trinajstić information content (AvgIpc) is 2.12. The summed E-state index contributed by atoms with van der Waals surface area (Å²) in [5.41, 5.74) is 0. The summed E-state index contributed by atoms with van der Waals surface area (Å²) in [5.74, 6) is -0.403. The first kappa shape index (κ1) is 12.1. The van der Waals surface area contributed by atoms with Crippen molar-refractivity contribution in [2.75, 3.05) is 18.8 Å². The van der Waals surface area contributed by atoms with E-state index in [9.17, 15) is 9.59 Å². The van der Waals surface area contributed by atoms with E-state index in [4.69, 9.17) is 5.11 Å². The first-order valence-electron chi connectivity index (χ1n) is 4.74. The van der Waals surface area contributed by atoms with Crippen molar-refractivity contribution in [1.29, 1.82) is 0 Å². The highest BCUT2D eigenvalue weighted by Crippen LogP contribution is 2.29. The van der Waals surface area contributed by atoms with Crippen LogP contribution in [0.1, 0.15) is 13.8 Å². The van der Waals surface area contributed by atoms with E-state index in [1.165, 1.54) is 0 Å². The molecule has 1 heterocycles. The number of amides is 1. The zero-order valence-electron chi connectivity index (χ0n) is 8.90. The van der Waals surface area contributed by atoms with E-state index in [1.807, 2.05) is 11.8 Å². The number of hydrogen-bond donors (Lipinski definition) is 1. The molecular formula is C10H15NO3S. The third kappa shape index (κ3) is 3.95. The monoisotopic (exact) mass is 229 g/mol. The molecule has 0 bridgehead atoms. The summed E-state index contributed by atoms with van der Waals surface area (Å²) >= 11 is 1.83. The van der Waals surface area contributed by atoms with Crippen LogP contribution in [0.3, 0.4) is 0 Å². The minimum atomic E-state index is -1.09. The van der Waals surface area contributed by atoms with Gasteiger partial charge in [-0.2, -0.15) is 11.8 Å². The highest BCUT2D eigenvalue weighted by atomic mass is 32.2. The number of carboxylic acid groups (broad SMARTS) is 1. The lowest BCUT2D eigenvalue weighted by Crippen LogP contribution is -2.45. The van der Waals surface area contributed by atoms with Crippen molar-refractivity contribution in [3.05, 3.63) is 12.2 Å². The molecule has 4 nitrogen and oxygen atoms in total. The van der Waals surface area contributed by atoms with Gasteiger partial charge >= 0.3 is 5.97 Å². The van der Waals surface area contributed by atoms with Gasteiger partial charge in [0.05, 0.1) is 0 Å². The largest absolute Gasteiger partial charge is 0.478 e. The summed E-state index contributed by atoms with van der Waals surface area (Å²) in [5, 5.41) is 8.40. The fraction of sp³-hybridized carbons (Fsp3) is 0.600. The smallest absolute Gasteiger partial charge is 0.328 e. The van der Waals surface area contributed by atoms with Crippen LogP contribution in [0.2, 0.25) is 0 Å². The molecule has 1 aliphatic rings. The molecular weight excluding hydrogens is 214 g/mol. The van der Waals surface area contributed by atoms with Crippen LogP contribution in [0.4, 0.5) is 0 Å². The fourth-order valence-corrected chi connectivity index (χ4v) is 2.56. The van der Waals surface area contributed by atoms with Gasteiger partial charge in [-0.25, -0.2) is 4.79 Å². The molecule has 0 atom stereocenters. The van der Waals surface area contributed by atoms with Crippen molar-refractivity contribution in [1.82, 2.24) is 4.90 Å². The van der Waals surface area contributed by atoms with Crippen molar-refractivity contribution in [2.24, 2.45) is 0 Å². The Labute approximate surface area is 93.3 Å². The summed E-state index contributed by atoms with van der Waals surface area (Å²) in [6.45, 7) is 5.52. The number of hydrogen-bond acceptors (Lipinski definition) is 3. The number of thioether (sulfide) groups is 1. The third-order valence-corrected chi connectivity index (χ3v) is 3.40. The maximum atomic E-state index is 11.6. The Bertz CT molecular complexity index is 299. The second kappa shape index (κ2) is 4.70. The summed E-state index contributed by atoms with van der Waals surface area (Å²) < 4.78 is 0.0605. The van der Waals surface area contributed by atoms with Gasteiger partial charge in [0.15, 0.2) is 0 Å². The van der Waals surface area contributed by atoms with E-state index in [2.05, 4.69) is 13.8 Å². The van der Waals surface area contributed by atoms with Gasteiger partial charge in [-0.1, -0.05) is 0 Å². The Hall–Kier alpha value is -0.970. The molecule has 0 aliphatic carbocycles.